The number of carbonyl (C=O) groups is 1. The van der Waals surface area contributed by atoms with Gasteiger partial charge in [0.25, 0.3) is 0 Å². The van der Waals surface area contributed by atoms with Gasteiger partial charge in [0.15, 0.2) is 0 Å². The molecule has 1 aromatic heterocycles. The fourth-order valence-corrected chi connectivity index (χ4v) is 15.1. The first-order chi connectivity index (χ1) is 30.4. The maximum atomic E-state index is 14.3. The average Bonchev–Trinajstić information content (AvgIpc) is 4.12. The molecule has 0 fully saturated rings. The minimum absolute atomic E-state index is 0.0712. The molecule has 63 heavy (non-hydrogen) atoms. The van der Waals surface area contributed by atoms with Crippen LogP contribution >= 0.6 is 15.6 Å². The molecule has 1 heterocycles. The quantitative estimate of drug-likeness (QED) is 0.0962. The van der Waals surface area contributed by atoms with E-state index >= 15 is 0 Å². The highest BCUT2D eigenvalue weighted by molar-refractivity contribution is 7.47. The Kier molecular flexibility index (Phi) is 7.31. The number of hydrogen-bond acceptors (Lipinski definition) is 8. The molecular weight excluding hydrogens is 840 g/mol. The molecule has 0 saturated carbocycles. The third kappa shape index (κ3) is 5.06. The molecule has 316 valence electrons. The molecule has 8 bridgehead atoms. The van der Waals surface area contributed by atoms with Crippen LogP contribution in [0.4, 0.5) is 0 Å². The number of hydrogen-bond donors (Lipinski definition) is 4. The van der Waals surface area contributed by atoms with E-state index in [4.69, 9.17) is 18.7 Å². The number of phosphoric ester groups is 2. The molecule has 15 heteroatoms. The standard InChI is InChI=1S/C48H39N3O10P2/c52-42(53)20-51-19-21(49-50-51)9-10-59-63(57,58)61-48-45-40-17-38(34-13-30-26-11-28(32(30)15-36(34)40)24-7-3-1-5-22(24)26)43(45)47(60-62(54,55)56)44-39-18-41(46(44)48)37-16-33-29-12-27(31(33)14-35(37)39)23-6-2-4-8-25(23)29/h1-8,13-16,19,26-29,38-41H,9-12,17-18,20H2,(H,52,53)(H,57,58)(H2,54,55,56)/t26-,27+,28+,29-,38-,39+,40+,41-. The Bertz CT molecular complexity index is 3060. The van der Waals surface area contributed by atoms with Crippen LogP contribution in [0.2, 0.25) is 0 Å². The van der Waals surface area contributed by atoms with Crippen molar-refractivity contribution in [3.05, 3.63) is 174 Å². The van der Waals surface area contributed by atoms with Crippen molar-refractivity contribution in [2.75, 3.05) is 6.61 Å². The van der Waals surface area contributed by atoms with Crippen molar-refractivity contribution in [2.24, 2.45) is 0 Å². The molecule has 8 aliphatic rings. The number of fused-ring (bicyclic) bond motifs is 32. The topological polar surface area (TPSA) is 191 Å². The maximum absolute atomic E-state index is 14.3. The average molecular weight is 880 g/mol. The molecule has 13 nitrogen and oxygen atoms in total. The zero-order chi connectivity index (χ0) is 42.4. The molecule has 1 unspecified atom stereocenters. The lowest BCUT2D eigenvalue weighted by Crippen LogP contribution is -2.17. The third-order valence-corrected chi connectivity index (χ3v) is 17.2. The summed E-state index contributed by atoms with van der Waals surface area (Å²) in [7, 11) is -9.97. The fourth-order valence-electron chi connectivity index (χ4n) is 13.8. The number of nitrogens with zero attached hydrogens (tertiary/aromatic N) is 3. The number of aliphatic carboxylic acids is 1. The Labute approximate surface area is 360 Å². The minimum Gasteiger partial charge on any atom is -0.480 e. The number of benzene rings is 5. The van der Waals surface area contributed by atoms with Crippen LogP contribution in [0.5, 0.6) is 11.5 Å². The van der Waals surface area contributed by atoms with Crippen molar-refractivity contribution >= 4 is 21.6 Å². The number of carboxylic acid groups (broad SMARTS) is 1. The van der Waals surface area contributed by atoms with Crippen molar-refractivity contribution in [3.8, 4) is 11.5 Å². The number of phosphoric acid groups is 2. The van der Waals surface area contributed by atoms with E-state index in [1.54, 1.807) is 0 Å². The van der Waals surface area contributed by atoms with Gasteiger partial charge in [0, 0.05) is 82.2 Å². The summed E-state index contributed by atoms with van der Waals surface area (Å²) in [5.74, 6) is -0.672. The van der Waals surface area contributed by atoms with Crippen LogP contribution in [0, 0.1) is 0 Å². The van der Waals surface area contributed by atoms with Crippen molar-refractivity contribution in [2.45, 2.75) is 86.0 Å². The largest absolute Gasteiger partial charge is 0.527 e. The second-order valence-corrected chi connectivity index (χ2v) is 21.2. The zero-order valence-corrected chi connectivity index (χ0v) is 35.3. The SMILES string of the molecule is O=C(O)Cn1cc(CCOP(=O)(O)Oc2c3c(c(OP(=O)(O)O)c4c2[C@H]2C[C@@H]4c4cc5c(cc42)[C@H]2C[C@@H]5c4ccccc42)[C@H]2C[C@@H]3c3cc4c(cc32)[C@H]2C[C@@H]4c3ccccc32)nn1. The normalized spacial score (nSPS) is 26.7. The summed E-state index contributed by atoms with van der Waals surface area (Å²) in [5.41, 5.74) is 18.0. The molecule has 5 aromatic carbocycles. The summed E-state index contributed by atoms with van der Waals surface area (Å²) >= 11 is 0. The summed E-state index contributed by atoms with van der Waals surface area (Å²) in [6.07, 6.45) is 4.75. The van der Waals surface area contributed by atoms with Gasteiger partial charge in [0.1, 0.15) is 18.0 Å². The van der Waals surface area contributed by atoms with Gasteiger partial charge < -0.3 is 14.2 Å². The number of rotatable bonds is 10. The maximum Gasteiger partial charge on any atom is 0.527 e. The summed E-state index contributed by atoms with van der Waals surface area (Å²) < 4.78 is 46.5. The van der Waals surface area contributed by atoms with Crippen LogP contribution in [-0.4, -0.2) is 47.4 Å². The van der Waals surface area contributed by atoms with E-state index in [2.05, 4.69) is 83.1 Å². The smallest absolute Gasteiger partial charge is 0.480 e. The van der Waals surface area contributed by atoms with Crippen LogP contribution in [0.15, 0.2) is 79.0 Å². The molecule has 0 aliphatic heterocycles. The van der Waals surface area contributed by atoms with E-state index in [1.165, 1.54) is 55.4 Å². The molecule has 4 N–H and O–H groups in total. The van der Waals surface area contributed by atoms with Crippen molar-refractivity contribution in [1.82, 2.24) is 15.0 Å². The number of aromatic nitrogens is 3. The van der Waals surface area contributed by atoms with E-state index in [-0.39, 0.29) is 78.4 Å². The van der Waals surface area contributed by atoms with E-state index < -0.39 is 21.6 Å². The lowest BCUT2D eigenvalue weighted by atomic mass is 9.74. The van der Waals surface area contributed by atoms with Crippen molar-refractivity contribution in [3.63, 3.8) is 0 Å². The predicted octanol–water partition coefficient (Wildman–Crippen LogP) is 8.50. The van der Waals surface area contributed by atoms with Gasteiger partial charge >= 0.3 is 21.6 Å². The van der Waals surface area contributed by atoms with Gasteiger partial charge in [-0.15, -0.1) is 5.10 Å². The lowest BCUT2D eigenvalue weighted by Gasteiger charge is -2.33. The summed E-state index contributed by atoms with van der Waals surface area (Å²) in [5, 5.41) is 17.0. The zero-order valence-electron chi connectivity index (χ0n) is 33.5. The Morgan fingerprint density at radius 3 is 1.37 bits per heavy atom. The highest BCUT2D eigenvalue weighted by atomic mass is 31.2. The Hall–Kier alpha value is -5.39. The van der Waals surface area contributed by atoms with Gasteiger partial charge in [-0.3, -0.25) is 24.0 Å². The van der Waals surface area contributed by atoms with E-state index in [0.29, 0.717) is 40.8 Å². The first-order valence-corrected chi connectivity index (χ1v) is 24.7. The third-order valence-electron chi connectivity index (χ3n) is 15.8. The Morgan fingerprint density at radius 1 is 0.587 bits per heavy atom. The van der Waals surface area contributed by atoms with Gasteiger partial charge in [0.2, 0.25) is 0 Å². The van der Waals surface area contributed by atoms with Gasteiger partial charge in [-0.2, -0.15) is 0 Å². The Morgan fingerprint density at radius 2 is 0.968 bits per heavy atom. The Balaban J connectivity index is 0.914. The van der Waals surface area contributed by atoms with Crippen LogP contribution < -0.4 is 9.05 Å². The highest BCUT2D eigenvalue weighted by Crippen LogP contribution is 2.73. The molecular formula is C48H39N3O10P2. The van der Waals surface area contributed by atoms with Gasteiger partial charge in [-0.25, -0.2) is 13.8 Å². The minimum atomic E-state index is -5.10. The molecule has 9 atom stereocenters. The van der Waals surface area contributed by atoms with Crippen LogP contribution in [-0.2, 0) is 31.4 Å². The summed E-state index contributed by atoms with van der Waals surface area (Å²) in [6, 6.07) is 26.6. The van der Waals surface area contributed by atoms with E-state index in [1.807, 2.05) is 0 Å². The molecule has 0 radical (unpaired) electrons. The molecule has 0 spiro atoms. The van der Waals surface area contributed by atoms with Crippen LogP contribution in [0.1, 0.15) is 168 Å². The van der Waals surface area contributed by atoms with E-state index in [0.717, 1.165) is 35.1 Å². The molecule has 8 aliphatic carbocycles. The monoisotopic (exact) mass is 879 g/mol. The van der Waals surface area contributed by atoms with E-state index in [9.17, 15) is 28.6 Å². The van der Waals surface area contributed by atoms with Crippen LogP contribution in [0.25, 0.3) is 0 Å². The first-order valence-electron chi connectivity index (χ1n) is 21.7. The fraction of sp³-hybridized carbons (Fsp3) is 0.312. The molecule has 14 rings (SSSR count). The van der Waals surface area contributed by atoms with Crippen LogP contribution in [0.3, 0.4) is 0 Å². The highest BCUT2D eigenvalue weighted by Gasteiger charge is 2.56. The summed E-state index contributed by atoms with van der Waals surface area (Å²) in [4.78, 5) is 44.1. The van der Waals surface area contributed by atoms with Gasteiger partial charge in [-0.1, -0.05) is 78.0 Å². The first kappa shape index (κ1) is 37.0. The van der Waals surface area contributed by atoms with Crippen molar-refractivity contribution < 1.29 is 47.3 Å². The van der Waals surface area contributed by atoms with Gasteiger partial charge in [-0.05, 0) is 92.4 Å². The second-order valence-electron chi connectivity index (χ2n) is 18.7. The second kappa shape index (κ2) is 12.4. The van der Waals surface area contributed by atoms with Crippen molar-refractivity contribution in [1.29, 1.82) is 0 Å². The van der Waals surface area contributed by atoms with Gasteiger partial charge in [0.05, 0.1) is 12.3 Å². The number of carboxylic acids is 1. The molecule has 6 aromatic rings. The predicted molar refractivity (Wildman–Crippen MR) is 226 cm³/mol. The molecule has 0 amide bonds. The lowest BCUT2D eigenvalue weighted by molar-refractivity contribution is -0.137. The molecule has 0 saturated heterocycles. The summed E-state index contributed by atoms with van der Waals surface area (Å²) in [6.45, 7) is -0.641.